The molecular formula is C22H20BrFN2O. The molecule has 0 saturated carbocycles. The second-order valence-electron chi connectivity index (χ2n) is 6.86. The van der Waals surface area contributed by atoms with E-state index in [0.29, 0.717) is 25.3 Å². The van der Waals surface area contributed by atoms with Gasteiger partial charge >= 0.3 is 0 Å². The number of rotatable bonds is 3. The van der Waals surface area contributed by atoms with Crippen LogP contribution in [0.25, 0.3) is 11.1 Å². The van der Waals surface area contributed by atoms with Crippen molar-refractivity contribution in [2.24, 2.45) is 0 Å². The van der Waals surface area contributed by atoms with Gasteiger partial charge in [-0.3, -0.25) is 9.88 Å². The maximum absolute atomic E-state index is 14.2. The Morgan fingerprint density at radius 3 is 2.89 bits per heavy atom. The molecule has 4 rings (SSSR count). The Morgan fingerprint density at radius 1 is 1.19 bits per heavy atom. The minimum Gasteiger partial charge on any atom is -0.492 e. The molecule has 1 atom stereocenters. The monoisotopic (exact) mass is 426 g/mol. The standard InChI is InChI=1S/C22H20BrFN2O/c1-15-14-27-22-7-4-16(17-3-2-8-25-11-17)9-19(22)13-26(15)12-18-10-20(23)5-6-21(18)24/h2-11,15H,12-14H2,1H3/t15-/m0/s1. The quantitative estimate of drug-likeness (QED) is 0.557. The molecule has 0 fully saturated rings. The van der Waals surface area contributed by atoms with Crippen LogP contribution >= 0.6 is 15.9 Å². The Hall–Kier alpha value is -2.24. The zero-order valence-corrected chi connectivity index (χ0v) is 16.6. The van der Waals surface area contributed by atoms with Crippen LogP contribution < -0.4 is 4.74 Å². The number of benzene rings is 2. The number of aromatic nitrogens is 1. The Morgan fingerprint density at radius 2 is 2.07 bits per heavy atom. The van der Waals surface area contributed by atoms with Crippen molar-refractivity contribution in [3.63, 3.8) is 0 Å². The molecule has 5 heteroatoms. The van der Waals surface area contributed by atoms with Crippen LogP contribution in [0.3, 0.4) is 0 Å². The molecule has 0 aliphatic carbocycles. The minimum absolute atomic E-state index is 0.178. The highest BCUT2D eigenvalue weighted by molar-refractivity contribution is 9.10. The van der Waals surface area contributed by atoms with Crippen LogP contribution in [0.4, 0.5) is 4.39 Å². The molecule has 2 heterocycles. The van der Waals surface area contributed by atoms with E-state index in [2.05, 4.69) is 44.9 Å². The van der Waals surface area contributed by atoms with Gasteiger partial charge in [-0.1, -0.05) is 28.1 Å². The molecule has 0 amide bonds. The fourth-order valence-electron chi connectivity index (χ4n) is 3.34. The number of hydrogen-bond donors (Lipinski definition) is 0. The first kappa shape index (κ1) is 18.1. The summed E-state index contributed by atoms with van der Waals surface area (Å²) in [4.78, 5) is 6.46. The first-order valence-corrected chi connectivity index (χ1v) is 9.73. The van der Waals surface area contributed by atoms with Gasteiger partial charge in [0.1, 0.15) is 18.2 Å². The third kappa shape index (κ3) is 4.04. The van der Waals surface area contributed by atoms with Crippen molar-refractivity contribution in [3.05, 3.63) is 82.3 Å². The van der Waals surface area contributed by atoms with Crippen molar-refractivity contribution in [1.82, 2.24) is 9.88 Å². The second kappa shape index (κ2) is 7.79. The lowest BCUT2D eigenvalue weighted by atomic mass is 10.0. The summed E-state index contributed by atoms with van der Waals surface area (Å²) in [5.74, 6) is 0.714. The Bertz CT molecular complexity index is 948. The zero-order chi connectivity index (χ0) is 18.8. The molecule has 0 radical (unpaired) electrons. The molecule has 1 aliphatic heterocycles. The Kier molecular flexibility index (Phi) is 5.23. The number of ether oxygens (including phenoxy) is 1. The SMILES string of the molecule is C[C@H]1COc2ccc(-c3cccnc3)cc2CN1Cc1cc(Br)ccc1F. The lowest BCUT2D eigenvalue weighted by molar-refractivity contribution is 0.150. The lowest BCUT2D eigenvalue weighted by Crippen LogP contribution is -2.34. The molecular weight excluding hydrogens is 407 g/mol. The van der Waals surface area contributed by atoms with Crippen molar-refractivity contribution in [1.29, 1.82) is 0 Å². The van der Waals surface area contributed by atoms with Gasteiger partial charge in [-0.25, -0.2) is 4.39 Å². The molecule has 0 bridgehead atoms. The van der Waals surface area contributed by atoms with Crippen molar-refractivity contribution < 1.29 is 9.13 Å². The summed E-state index contributed by atoms with van der Waals surface area (Å²) in [6.07, 6.45) is 3.63. The number of halogens is 2. The van der Waals surface area contributed by atoms with Crippen LogP contribution in [-0.2, 0) is 13.1 Å². The average molecular weight is 427 g/mol. The van der Waals surface area contributed by atoms with E-state index in [4.69, 9.17) is 4.74 Å². The van der Waals surface area contributed by atoms with E-state index in [1.165, 1.54) is 6.07 Å². The van der Waals surface area contributed by atoms with Crippen LogP contribution in [0.2, 0.25) is 0 Å². The molecule has 3 nitrogen and oxygen atoms in total. The molecule has 1 aliphatic rings. The number of pyridine rings is 1. The highest BCUT2D eigenvalue weighted by Crippen LogP contribution is 2.31. The summed E-state index contributed by atoms with van der Waals surface area (Å²) < 4.78 is 21.1. The van der Waals surface area contributed by atoms with Crippen LogP contribution in [0.15, 0.2) is 65.4 Å². The lowest BCUT2D eigenvalue weighted by Gasteiger charge is -2.26. The highest BCUT2D eigenvalue weighted by atomic mass is 79.9. The molecule has 0 N–H and O–H groups in total. The first-order chi connectivity index (χ1) is 13.1. The largest absolute Gasteiger partial charge is 0.492 e. The molecule has 0 saturated heterocycles. The fraction of sp³-hybridized carbons (Fsp3) is 0.227. The first-order valence-electron chi connectivity index (χ1n) is 8.94. The molecule has 27 heavy (non-hydrogen) atoms. The predicted octanol–water partition coefficient (Wildman–Crippen LogP) is 5.43. The summed E-state index contributed by atoms with van der Waals surface area (Å²) in [5.41, 5.74) is 3.97. The van der Waals surface area contributed by atoms with Crippen LogP contribution in [0.1, 0.15) is 18.1 Å². The maximum atomic E-state index is 14.2. The van der Waals surface area contributed by atoms with Gasteiger partial charge < -0.3 is 4.74 Å². The van der Waals surface area contributed by atoms with Gasteiger partial charge in [-0.05, 0) is 48.9 Å². The van der Waals surface area contributed by atoms with Crippen molar-refractivity contribution in [3.8, 4) is 16.9 Å². The van der Waals surface area contributed by atoms with Crippen molar-refractivity contribution >= 4 is 15.9 Å². The Labute approximate surface area is 166 Å². The van der Waals surface area contributed by atoms with E-state index >= 15 is 0 Å². The smallest absolute Gasteiger partial charge is 0.127 e. The van der Waals surface area contributed by atoms with Crippen LogP contribution in [0, 0.1) is 5.82 Å². The number of fused-ring (bicyclic) bond motifs is 1. The van der Waals surface area contributed by atoms with E-state index < -0.39 is 0 Å². The molecule has 0 spiro atoms. The third-order valence-corrected chi connectivity index (χ3v) is 5.41. The molecule has 1 aromatic heterocycles. The van der Waals surface area contributed by atoms with Crippen LogP contribution in [-0.4, -0.2) is 22.5 Å². The van der Waals surface area contributed by atoms with Crippen molar-refractivity contribution in [2.45, 2.75) is 26.1 Å². The van der Waals surface area contributed by atoms with Crippen LogP contribution in [0.5, 0.6) is 5.75 Å². The molecule has 3 aromatic rings. The summed E-state index contributed by atoms with van der Waals surface area (Å²) in [7, 11) is 0. The summed E-state index contributed by atoms with van der Waals surface area (Å²) in [6, 6.07) is 15.5. The van der Waals surface area contributed by atoms with E-state index in [-0.39, 0.29) is 11.9 Å². The van der Waals surface area contributed by atoms with Gasteiger partial charge in [0, 0.05) is 52.7 Å². The van der Waals surface area contributed by atoms with Gasteiger partial charge in [-0.2, -0.15) is 0 Å². The highest BCUT2D eigenvalue weighted by Gasteiger charge is 2.23. The number of nitrogens with zero attached hydrogens (tertiary/aromatic N) is 2. The van der Waals surface area contributed by atoms with Gasteiger partial charge in [0.25, 0.3) is 0 Å². The second-order valence-corrected chi connectivity index (χ2v) is 7.78. The normalized spacial score (nSPS) is 17.1. The fourth-order valence-corrected chi connectivity index (χ4v) is 3.75. The number of hydrogen-bond acceptors (Lipinski definition) is 3. The summed E-state index contributed by atoms with van der Waals surface area (Å²) in [6.45, 7) is 3.93. The average Bonchev–Trinajstić information content (AvgIpc) is 2.84. The molecule has 0 unspecified atom stereocenters. The van der Waals surface area contributed by atoms with Gasteiger partial charge in [0.2, 0.25) is 0 Å². The van der Waals surface area contributed by atoms with E-state index in [1.807, 2.05) is 30.5 Å². The molecule has 138 valence electrons. The van der Waals surface area contributed by atoms with Gasteiger partial charge in [0.15, 0.2) is 0 Å². The maximum Gasteiger partial charge on any atom is 0.127 e. The van der Waals surface area contributed by atoms with Crippen molar-refractivity contribution in [2.75, 3.05) is 6.61 Å². The third-order valence-electron chi connectivity index (χ3n) is 4.91. The Balaban J connectivity index is 1.64. The van der Waals surface area contributed by atoms with Gasteiger partial charge in [-0.15, -0.1) is 0 Å². The summed E-state index contributed by atoms with van der Waals surface area (Å²) >= 11 is 3.44. The predicted molar refractivity (Wildman–Crippen MR) is 108 cm³/mol. The minimum atomic E-state index is -0.181. The topological polar surface area (TPSA) is 25.4 Å². The molecule has 2 aromatic carbocycles. The van der Waals surface area contributed by atoms with E-state index in [9.17, 15) is 4.39 Å². The van der Waals surface area contributed by atoms with Gasteiger partial charge in [0.05, 0.1) is 0 Å². The summed E-state index contributed by atoms with van der Waals surface area (Å²) in [5, 5.41) is 0. The van der Waals surface area contributed by atoms with E-state index in [0.717, 1.165) is 26.9 Å². The zero-order valence-electron chi connectivity index (χ0n) is 15.0. The van der Waals surface area contributed by atoms with E-state index in [1.54, 1.807) is 12.3 Å².